The maximum absolute atomic E-state index is 5.66. The summed E-state index contributed by atoms with van der Waals surface area (Å²) in [4.78, 5) is 0. The highest BCUT2D eigenvalue weighted by Crippen LogP contribution is 2.19. The van der Waals surface area contributed by atoms with Gasteiger partial charge < -0.3 is 37.9 Å². The van der Waals surface area contributed by atoms with Gasteiger partial charge in [0.25, 0.3) is 0 Å². The van der Waals surface area contributed by atoms with Gasteiger partial charge in [0, 0.05) is 20.3 Å². The van der Waals surface area contributed by atoms with E-state index in [0.29, 0.717) is 79.3 Å². The minimum Gasteiger partial charge on any atom is -0.491 e. The monoisotopic (exact) mass is 402 g/mol. The highest BCUT2D eigenvalue weighted by molar-refractivity contribution is 5.32. The first-order chi connectivity index (χ1) is 13.9. The van der Waals surface area contributed by atoms with E-state index in [9.17, 15) is 0 Å². The molecule has 1 rings (SSSR count). The molecule has 0 fully saturated rings. The van der Waals surface area contributed by atoms with Gasteiger partial charge in [-0.25, -0.2) is 0 Å². The van der Waals surface area contributed by atoms with Crippen LogP contribution in [0.25, 0.3) is 0 Å². The molecule has 0 heterocycles. The highest BCUT2D eigenvalue weighted by Gasteiger charge is 1.99. The molecule has 8 nitrogen and oxygen atoms in total. The van der Waals surface area contributed by atoms with Crippen molar-refractivity contribution in [3.8, 4) is 11.5 Å². The first kappa shape index (κ1) is 24.6. The first-order valence-corrected chi connectivity index (χ1v) is 9.51. The predicted molar refractivity (Wildman–Crippen MR) is 104 cm³/mol. The summed E-state index contributed by atoms with van der Waals surface area (Å²) in [6.45, 7) is 6.45. The zero-order chi connectivity index (χ0) is 20.1. The van der Waals surface area contributed by atoms with E-state index in [1.54, 1.807) is 14.2 Å². The lowest BCUT2D eigenvalue weighted by molar-refractivity contribution is 0.0174. The maximum Gasteiger partial charge on any atom is 0.123 e. The van der Waals surface area contributed by atoms with E-state index in [1.165, 1.54) is 0 Å². The Kier molecular flexibility index (Phi) is 16.6. The quantitative estimate of drug-likeness (QED) is 0.306. The van der Waals surface area contributed by atoms with Gasteiger partial charge >= 0.3 is 0 Å². The third-order valence-electron chi connectivity index (χ3n) is 3.41. The molecule has 0 aromatic heterocycles. The summed E-state index contributed by atoms with van der Waals surface area (Å²) in [5, 5.41) is 0. The number of rotatable bonds is 20. The molecule has 0 atom stereocenters. The second kappa shape index (κ2) is 18.9. The van der Waals surface area contributed by atoms with Crippen LogP contribution in [0.3, 0.4) is 0 Å². The van der Waals surface area contributed by atoms with E-state index in [2.05, 4.69) is 0 Å². The van der Waals surface area contributed by atoms with Gasteiger partial charge in [-0.2, -0.15) is 0 Å². The average Bonchev–Trinajstić information content (AvgIpc) is 2.72. The van der Waals surface area contributed by atoms with Crippen molar-refractivity contribution >= 4 is 0 Å². The van der Waals surface area contributed by atoms with Crippen LogP contribution in [0.1, 0.15) is 0 Å². The van der Waals surface area contributed by atoms with E-state index < -0.39 is 0 Å². The number of hydrogen-bond donors (Lipinski definition) is 0. The fourth-order valence-electron chi connectivity index (χ4n) is 2.02. The molecule has 1 aromatic carbocycles. The van der Waals surface area contributed by atoms with Gasteiger partial charge in [-0.15, -0.1) is 0 Å². The second-order valence-electron chi connectivity index (χ2n) is 5.61. The van der Waals surface area contributed by atoms with Crippen molar-refractivity contribution in [2.24, 2.45) is 0 Å². The molecule has 0 aliphatic carbocycles. The molecule has 0 radical (unpaired) electrons. The SMILES string of the molecule is COCCOCCOCCOc1cccc(OCCOCCOCCOC)c1. The molecule has 0 bridgehead atoms. The van der Waals surface area contributed by atoms with Crippen LogP contribution in [-0.2, 0) is 28.4 Å². The maximum atomic E-state index is 5.66. The Hall–Kier alpha value is -1.42. The summed E-state index contributed by atoms with van der Waals surface area (Å²) in [5.74, 6) is 1.48. The van der Waals surface area contributed by atoms with E-state index in [0.717, 1.165) is 11.5 Å². The van der Waals surface area contributed by atoms with Crippen molar-refractivity contribution in [2.75, 3.05) is 93.5 Å². The zero-order valence-electron chi connectivity index (χ0n) is 17.1. The van der Waals surface area contributed by atoms with Crippen LogP contribution in [-0.4, -0.2) is 93.5 Å². The van der Waals surface area contributed by atoms with Gasteiger partial charge in [-0.3, -0.25) is 0 Å². The Morgan fingerprint density at radius 1 is 0.500 bits per heavy atom. The molecule has 28 heavy (non-hydrogen) atoms. The number of methoxy groups -OCH3 is 2. The molecular formula is C20H34O8. The Labute approximate surface area is 167 Å². The number of benzene rings is 1. The lowest BCUT2D eigenvalue weighted by Gasteiger charge is -2.10. The highest BCUT2D eigenvalue weighted by atomic mass is 16.6. The molecule has 0 saturated heterocycles. The van der Waals surface area contributed by atoms with Crippen LogP contribution in [0, 0.1) is 0 Å². The first-order valence-electron chi connectivity index (χ1n) is 9.51. The summed E-state index contributed by atoms with van der Waals surface area (Å²) in [7, 11) is 3.29. The predicted octanol–water partition coefficient (Wildman–Crippen LogP) is 1.80. The van der Waals surface area contributed by atoms with Gasteiger partial charge in [0.2, 0.25) is 0 Å². The van der Waals surface area contributed by atoms with Crippen molar-refractivity contribution in [2.45, 2.75) is 0 Å². The summed E-state index contributed by atoms with van der Waals surface area (Å²) in [6.07, 6.45) is 0. The third-order valence-corrected chi connectivity index (χ3v) is 3.41. The van der Waals surface area contributed by atoms with E-state index in [-0.39, 0.29) is 0 Å². The van der Waals surface area contributed by atoms with Crippen molar-refractivity contribution in [3.63, 3.8) is 0 Å². The van der Waals surface area contributed by atoms with E-state index in [4.69, 9.17) is 37.9 Å². The van der Waals surface area contributed by atoms with Crippen molar-refractivity contribution in [3.05, 3.63) is 24.3 Å². The van der Waals surface area contributed by atoms with Crippen LogP contribution < -0.4 is 9.47 Å². The second-order valence-corrected chi connectivity index (χ2v) is 5.61. The van der Waals surface area contributed by atoms with Gasteiger partial charge in [-0.05, 0) is 12.1 Å². The largest absolute Gasteiger partial charge is 0.491 e. The average molecular weight is 402 g/mol. The van der Waals surface area contributed by atoms with Gasteiger partial charge in [0.1, 0.15) is 24.7 Å². The van der Waals surface area contributed by atoms with Gasteiger partial charge in [-0.1, -0.05) is 6.07 Å². The van der Waals surface area contributed by atoms with Crippen LogP contribution in [0.5, 0.6) is 11.5 Å². The lowest BCUT2D eigenvalue weighted by Crippen LogP contribution is -2.13. The van der Waals surface area contributed by atoms with E-state index >= 15 is 0 Å². The minimum absolute atomic E-state index is 0.466. The lowest BCUT2D eigenvalue weighted by atomic mass is 10.3. The fourth-order valence-corrected chi connectivity index (χ4v) is 2.02. The van der Waals surface area contributed by atoms with Crippen LogP contribution >= 0.6 is 0 Å². The third kappa shape index (κ3) is 14.6. The van der Waals surface area contributed by atoms with Crippen molar-refractivity contribution in [1.82, 2.24) is 0 Å². The topological polar surface area (TPSA) is 73.8 Å². The normalized spacial score (nSPS) is 10.9. The smallest absolute Gasteiger partial charge is 0.123 e. The number of hydrogen-bond acceptors (Lipinski definition) is 8. The molecule has 0 amide bonds. The van der Waals surface area contributed by atoms with Crippen molar-refractivity contribution in [1.29, 1.82) is 0 Å². The Morgan fingerprint density at radius 2 is 0.857 bits per heavy atom. The summed E-state index contributed by atoms with van der Waals surface area (Å²) < 4.78 is 42.6. The molecule has 0 saturated carbocycles. The molecule has 0 N–H and O–H groups in total. The standard InChI is InChI=1S/C20H34O8/c1-21-6-8-23-10-12-25-14-16-27-19-4-3-5-20(18-19)28-17-15-26-13-11-24-9-7-22-2/h3-5,18H,6-17H2,1-2H3. The molecule has 0 spiro atoms. The Balaban J connectivity index is 2.00. The Bertz CT molecular complexity index is 420. The molecule has 0 aliphatic heterocycles. The van der Waals surface area contributed by atoms with Gasteiger partial charge in [0.15, 0.2) is 0 Å². The fraction of sp³-hybridized carbons (Fsp3) is 0.700. The Morgan fingerprint density at radius 3 is 1.25 bits per heavy atom. The van der Waals surface area contributed by atoms with Crippen LogP contribution in [0.15, 0.2) is 24.3 Å². The minimum atomic E-state index is 0.466. The van der Waals surface area contributed by atoms with Crippen LogP contribution in [0.4, 0.5) is 0 Å². The molecule has 8 heteroatoms. The summed E-state index contributed by atoms with van der Waals surface area (Å²) >= 11 is 0. The molecule has 0 unspecified atom stereocenters. The molecule has 1 aromatic rings. The summed E-state index contributed by atoms with van der Waals surface area (Å²) in [6, 6.07) is 7.50. The molecule has 162 valence electrons. The summed E-state index contributed by atoms with van der Waals surface area (Å²) in [5.41, 5.74) is 0. The zero-order valence-corrected chi connectivity index (χ0v) is 17.1. The van der Waals surface area contributed by atoms with Crippen molar-refractivity contribution < 1.29 is 37.9 Å². The van der Waals surface area contributed by atoms with Gasteiger partial charge in [0.05, 0.1) is 66.1 Å². The molecular weight excluding hydrogens is 368 g/mol. The molecule has 0 aliphatic rings. The number of ether oxygens (including phenoxy) is 8. The van der Waals surface area contributed by atoms with Crippen LogP contribution in [0.2, 0.25) is 0 Å². The van der Waals surface area contributed by atoms with E-state index in [1.807, 2.05) is 24.3 Å².